The Balaban J connectivity index is 1.81. The fourth-order valence-corrected chi connectivity index (χ4v) is 4.66. The maximum absolute atomic E-state index is 2.54. The highest BCUT2D eigenvalue weighted by Gasteiger charge is 2.35. The van der Waals surface area contributed by atoms with Gasteiger partial charge in [0.25, 0.3) is 0 Å². The van der Waals surface area contributed by atoms with E-state index < -0.39 is 0 Å². The standard InChI is InChI=1S/C22H20/c1-3-7-20-17(5-1)13-18-6-2-4-8-21(18)22(20)14-19-12-15-9-10-16(19)11-15/h1-8,13-16H,9-12H2/b19-14+. The number of hydrogen-bond donors (Lipinski definition) is 0. The van der Waals surface area contributed by atoms with Gasteiger partial charge >= 0.3 is 0 Å². The third kappa shape index (κ3) is 1.83. The van der Waals surface area contributed by atoms with Crippen LogP contribution in [-0.2, 0) is 0 Å². The van der Waals surface area contributed by atoms with Gasteiger partial charge in [-0.2, -0.15) is 0 Å². The number of rotatable bonds is 1. The van der Waals surface area contributed by atoms with Crippen LogP contribution in [0.2, 0.25) is 0 Å². The summed E-state index contributed by atoms with van der Waals surface area (Å²) in [7, 11) is 0. The molecule has 108 valence electrons. The zero-order valence-corrected chi connectivity index (χ0v) is 12.8. The second kappa shape index (κ2) is 4.71. The van der Waals surface area contributed by atoms with Gasteiger partial charge in [0.1, 0.15) is 0 Å². The van der Waals surface area contributed by atoms with Crippen LogP contribution in [0.25, 0.3) is 27.6 Å². The van der Waals surface area contributed by atoms with Crippen LogP contribution in [0.3, 0.4) is 0 Å². The molecule has 0 nitrogen and oxygen atoms in total. The van der Waals surface area contributed by atoms with Crippen LogP contribution in [0.15, 0.2) is 60.2 Å². The Bertz CT molecular complexity index is 846. The first-order valence-corrected chi connectivity index (χ1v) is 8.49. The average molecular weight is 284 g/mol. The fraction of sp³-hybridized carbons (Fsp3) is 0.273. The van der Waals surface area contributed by atoms with Crippen LogP contribution >= 0.6 is 0 Å². The van der Waals surface area contributed by atoms with Gasteiger partial charge in [-0.3, -0.25) is 0 Å². The van der Waals surface area contributed by atoms with Gasteiger partial charge in [0.2, 0.25) is 0 Å². The Morgan fingerprint density at radius 1 is 0.818 bits per heavy atom. The molecule has 0 radical (unpaired) electrons. The lowest BCUT2D eigenvalue weighted by Gasteiger charge is -2.15. The molecule has 0 aliphatic heterocycles. The van der Waals surface area contributed by atoms with Gasteiger partial charge in [0.05, 0.1) is 0 Å². The van der Waals surface area contributed by atoms with Crippen molar-refractivity contribution in [2.75, 3.05) is 0 Å². The molecule has 0 saturated heterocycles. The molecule has 22 heavy (non-hydrogen) atoms. The average Bonchev–Trinajstić information content (AvgIpc) is 3.17. The molecule has 0 spiro atoms. The molecule has 5 rings (SSSR count). The van der Waals surface area contributed by atoms with Crippen LogP contribution < -0.4 is 0 Å². The minimum atomic E-state index is 0.864. The van der Waals surface area contributed by atoms with E-state index in [9.17, 15) is 0 Å². The molecular weight excluding hydrogens is 264 g/mol. The second-order valence-corrected chi connectivity index (χ2v) is 7.03. The van der Waals surface area contributed by atoms with Crippen molar-refractivity contribution in [1.29, 1.82) is 0 Å². The van der Waals surface area contributed by atoms with Crippen molar-refractivity contribution in [3.63, 3.8) is 0 Å². The maximum atomic E-state index is 2.54. The number of hydrogen-bond acceptors (Lipinski definition) is 0. The van der Waals surface area contributed by atoms with Crippen molar-refractivity contribution in [2.45, 2.75) is 25.7 Å². The highest BCUT2D eigenvalue weighted by Crippen LogP contribution is 2.49. The molecule has 0 N–H and O–H groups in total. The van der Waals surface area contributed by atoms with Crippen LogP contribution in [0.1, 0.15) is 31.2 Å². The minimum Gasteiger partial charge on any atom is -0.0662 e. The van der Waals surface area contributed by atoms with Gasteiger partial charge in [0.15, 0.2) is 0 Å². The molecule has 2 aliphatic carbocycles. The lowest BCUT2D eigenvalue weighted by molar-refractivity contribution is 0.563. The summed E-state index contributed by atoms with van der Waals surface area (Å²) in [5.74, 6) is 1.83. The second-order valence-electron chi connectivity index (χ2n) is 7.03. The van der Waals surface area contributed by atoms with E-state index in [0.717, 1.165) is 11.8 Å². The molecule has 0 amide bonds. The first-order chi connectivity index (χ1) is 10.9. The summed E-state index contributed by atoms with van der Waals surface area (Å²) in [6.45, 7) is 0. The molecule has 2 fully saturated rings. The van der Waals surface area contributed by atoms with Crippen LogP contribution in [0.5, 0.6) is 0 Å². The summed E-state index contributed by atoms with van der Waals surface area (Å²) in [5, 5.41) is 5.51. The third-order valence-corrected chi connectivity index (χ3v) is 5.73. The molecule has 2 aliphatic rings. The largest absolute Gasteiger partial charge is 0.0662 e. The zero-order chi connectivity index (χ0) is 14.5. The highest BCUT2D eigenvalue weighted by molar-refractivity contribution is 6.06. The van der Waals surface area contributed by atoms with Gasteiger partial charge in [-0.05, 0) is 70.7 Å². The molecule has 0 heterocycles. The number of fused-ring (bicyclic) bond motifs is 4. The Morgan fingerprint density at radius 2 is 1.50 bits per heavy atom. The summed E-state index contributed by atoms with van der Waals surface area (Å²) in [4.78, 5) is 0. The van der Waals surface area contributed by atoms with E-state index in [-0.39, 0.29) is 0 Å². The summed E-state index contributed by atoms with van der Waals surface area (Å²) < 4.78 is 0. The molecule has 2 saturated carbocycles. The van der Waals surface area contributed by atoms with Gasteiger partial charge in [-0.1, -0.05) is 60.2 Å². The predicted molar refractivity (Wildman–Crippen MR) is 94.9 cm³/mol. The van der Waals surface area contributed by atoms with Crippen molar-refractivity contribution in [1.82, 2.24) is 0 Å². The molecule has 2 bridgehead atoms. The van der Waals surface area contributed by atoms with Gasteiger partial charge in [-0.15, -0.1) is 0 Å². The van der Waals surface area contributed by atoms with Crippen LogP contribution in [-0.4, -0.2) is 0 Å². The van der Waals surface area contributed by atoms with E-state index in [4.69, 9.17) is 0 Å². The van der Waals surface area contributed by atoms with E-state index >= 15 is 0 Å². The Morgan fingerprint density at radius 3 is 2.09 bits per heavy atom. The Hall–Kier alpha value is -2.08. The molecule has 3 aromatic rings. The summed E-state index contributed by atoms with van der Waals surface area (Å²) >= 11 is 0. The summed E-state index contributed by atoms with van der Waals surface area (Å²) in [5.41, 5.74) is 3.15. The maximum Gasteiger partial charge on any atom is -0.00997 e. The summed E-state index contributed by atoms with van der Waals surface area (Å²) in [6, 6.07) is 20.0. The normalized spacial score (nSPS) is 25.5. The smallest absolute Gasteiger partial charge is 0.00997 e. The molecular formula is C22H20. The van der Waals surface area contributed by atoms with Gasteiger partial charge < -0.3 is 0 Å². The molecule has 0 heteroatoms. The first-order valence-electron chi connectivity index (χ1n) is 8.49. The molecule has 2 atom stereocenters. The van der Waals surface area contributed by atoms with E-state index in [1.54, 1.807) is 5.57 Å². The highest BCUT2D eigenvalue weighted by atomic mass is 14.4. The molecule has 3 aromatic carbocycles. The van der Waals surface area contributed by atoms with Gasteiger partial charge in [0, 0.05) is 0 Å². The predicted octanol–water partition coefficient (Wildman–Crippen LogP) is 6.20. The summed E-state index contributed by atoms with van der Waals surface area (Å²) in [6.07, 6.45) is 8.18. The van der Waals surface area contributed by atoms with E-state index in [1.807, 2.05) is 0 Å². The van der Waals surface area contributed by atoms with E-state index in [1.165, 1.54) is 52.8 Å². The number of allylic oxidation sites excluding steroid dienone is 1. The van der Waals surface area contributed by atoms with Crippen molar-refractivity contribution in [3.05, 3.63) is 65.7 Å². The lowest BCUT2D eigenvalue weighted by atomic mass is 9.90. The number of benzene rings is 3. The zero-order valence-electron chi connectivity index (χ0n) is 12.8. The Labute approximate surface area is 131 Å². The third-order valence-electron chi connectivity index (χ3n) is 5.73. The molecule has 2 unspecified atom stereocenters. The topological polar surface area (TPSA) is 0 Å². The van der Waals surface area contributed by atoms with E-state index in [0.29, 0.717) is 0 Å². The van der Waals surface area contributed by atoms with Crippen molar-refractivity contribution in [3.8, 4) is 0 Å². The Kier molecular flexibility index (Phi) is 2.67. The lowest BCUT2D eigenvalue weighted by Crippen LogP contribution is -1.98. The first kappa shape index (κ1) is 12.5. The van der Waals surface area contributed by atoms with Crippen molar-refractivity contribution < 1.29 is 0 Å². The SMILES string of the molecule is C(=C1/CC2CCC1C2)/c1c2ccccc2cc2ccccc12. The van der Waals surface area contributed by atoms with Crippen molar-refractivity contribution >= 4 is 27.6 Å². The van der Waals surface area contributed by atoms with Gasteiger partial charge in [-0.25, -0.2) is 0 Å². The monoisotopic (exact) mass is 284 g/mol. The quantitative estimate of drug-likeness (QED) is 0.467. The fourth-order valence-electron chi connectivity index (χ4n) is 4.66. The van der Waals surface area contributed by atoms with Crippen LogP contribution in [0, 0.1) is 11.8 Å². The van der Waals surface area contributed by atoms with Crippen molar-refractivity contribution in [2.24, 2.45) is 11.8 Å². The minimum absolute atomic E-state index is 0.864. The molecule has 0 aromatic heterocycles. The van der Waals surface area contributed by atoms with Crippen LogP contribution in [0.4, 0.5) is 0 Å². The van der Waals surface area contributed by atoms with E-state index in [2.05, 4.69) is 60.7 Å².